The normalized spacial score (nSPS) is 30.2. The Morgan fingerprint density at radius 2 is 1.89 bits per heavy atom. The van der Waals surface area contributed by atoms with Gasteiger partial charge in [-0.1, -0.05) is 19.1 Å². The van der Waals surface area contributed by atoms with Crippen LogP contribution in [0.15, 0.2) is 18.2 Å². The molecule has 252 valence electrons. The molecule has 1 aliphatic heterocycles. The van der Waals surface area contributed by atoms with E-state index in [0.717, 1.165) is 55.3 Å². The summed E-state index contributed by atoms with van der Waals surface area (Å²) >= 11 is 0. The number of benzene rings is 1. The fraction of sp³-hybridized carbons (Fsp3) is 0.778. The Hall–Kier alpha value is -2.04. The maximum absolute atomic E-state index is 13.5. The predicted molar refractivity (Wildman–Crippen MR) is 177 cm³/mol. The Labute approximate surface area is 270 Å². The number of methoxy groups -OCH3 is 1. The number of aliphatic hydroxyl groups excluding tert-OH is 1. The molecular weight excluding hydrogens is 568 g/mol. The van der Waals surface area contributed by atoms with Gasteiger partial charge in [-0.2, -0.15) is 0 Å². The van der Waals surface area contributed by atoms with Gasteiger partial charge in [0.15, 0.2) is 0 Å². The molecule has 1 heterocycles. The quantitative estimate of drug-likeness (QED) is 0.219. The summed E-state index contributed by atoms with van der Waals surface area (Å²) in [5.41, 5.74) is 8.65. The van der Waals surface area contributed by atoms with Crippen LogP contribution in [0.1, 0.15) is 97.1 Å². The molecular formula is C36H58N4O5. The highest BCUT2D eigenvalue weighted by Gasteiger charge is 2.55. The van der Waals surface area contributed by atoms with Crippen LogP contribution in [-0.4, -0.2) is 83.6 Å². The Morgan fingerprint density at radius 3 is 2.49 bits per heavy atom. The van der Waals surface area contributed by atoms with Crippen molar-refractivity contribution in [1.82, 2.24) is 10.2 Å². The van der Waals surface area contributed by atoms with Crippen molar-refractivity contribution in [3.8, 4) is 0 Å². The van der Waals surface area contributed by atoms with Crippen LogP contribution in [0.2, 0.25) is 0 Å². The molecule has 1 aromatic carbocycles. The Bertz CT molecular complexity index is 1200. The van der Waals surface area contributed by atoms with Crippen LogP contribution in [0.25, 0.3) is 0 Å². The van der Waals surface area contributed by atoms with E-state index in [0.29, 0.717) is 56.8 Å². The van der Waals surface area contributed by atoms with E-state index in [-0.39, 0.29) is 29.8 Å². The van der Waals surface area contributed by atoms with Gasteiger partial charge in [-0.15, -0.1) is 0 Å². The van der Waals surface area contributed by atoms with Crippen LogP contribution in [0.3, 0.4) is 0 Å². The number of nitrogens with one attached hydrogen (secondary N) is 1. The lowest BCUT2D eigenvalue weighted by molar-refractivity contribution is -0.148. The number of carbonyl (C=O) groups is 2. The Kier molecular flexibility index (Phi) is 10.4. The topological polar surface area (TPSA) is 128 Å². The van der Waals surface area contributed by atoms with Crippen LogP contribution in [0.4, 0.5) is 5.69 Å². The molecule has 0 spiro atoms. The first kappa shape index (κ1) is 34.3. The average Bonchev–Trinajstić information content (AvgIpc) is 3.16. The number of carbonyl (C=O) groups excluding carboxylic acids is 2. The molecule has 4 saturated carbocycles. The zero-order valence-electron chi connectivity index (χ0n) is 28.4. The molecule has 5 atom stereocenters. The van der Waals surface area contributed by atoms with Crippen molar-refractivity contribution in [2.45, 2.75) is 128 Å². The van der Waals surface area contributed by atoms with E-state index in [1.54, 1.807) is 7.11 Å². The second-order valence-corrected chi connectivity index (χ2v) is 15.6. The molecule has 4 bridgehead atoms. The number of nitrogens with zero attached hydrogens (tertiary/aromatic N) is 2. The first-order valence-electron chi connectivity index (χ1n) is 17.4. The molecule has 9 heteroatoms. The number of rotatable bonds is 15. The van der Waals surface area contributed by atoms with Crippen molar-refractivity contribution in [1.29, 1.82) is 0 Å². The van der Waals surface area contributed by atoms with Crippen molar-refractivity contribution >= 4 is 17.5 Å². The number of fused-ring (bicyclic) bond motifs is 1. The van der Waals surface area contributed by atoms with E-state index in [1.165, 1.54) is 0 Å². The van der Waals surface area contributed by atoms with Crippen LogP contribution < -0.4 is 16.0 Å². The molecule has 0 aromatic heterocycles. The molecule has 5 N–H and O–H groups in total. The van der Waals surface area contributed by atoms with E-state index in [9.17, 15) is 19.8 Å². The van der Waals surface area contributed by atoms with Gasteiger partial charge < -0.3 is 30.9 Å². The molecule has 5 aliphatic rings. The molecule has 2 unspecified atom stereocenters. The van der Waals surface area contributed by atoms with E-state index in [2.05, 4.69) is 42.3 Å². The lowest BCUT2D eigenvalue weighted by atomic mass is 9.52. The minimum atomic E-state index is -0.809. The molecule has 0 saturated heterocycles. The second kappa shape index (κ2) is 13.6. The SMILES string of the molecule is CC[C@H](C[C@H](O)[C@@H](N)CN(Cc1ccc2c(c1)N(CCCOC)C(=O)C2(C)C)C(C)C)C(=O)NC1C2CC3CC1CC(O)(C3)C2. The highest BCUT2D eigenvalue weighted by atomic mass is 16.5. The van der Waals surface area contributed by atoms with Gasteiger partial charge in [0.1, 0.15) is 0 Å². The Balaban J connectivity index is 1.19. The molecule has 4 fully saturated rings. The third kappa shape index (κ3) is 7.13. The third-order valence-corrected chi connectivity index (χ3v) is 11.5. The highest BCUT2D eigenvalue weighted by molar-refractivity contribution is 6.07. The Morgan fingerprint density at radius 1 is 1.20 bits per heavy atom. The van der Waals surface area contributed by atoms with E-state index >= 15 is 0 Å². The number of hydrogen-bond acceptors (Lipinski definition) is 7. The van der Waals surface area contributed by atoms with Gasteiger partial charge in [-0.25, -0.2) is 0 Å². The van der Waals surface area contributed by atoms with Crippen molar-refractivity contribution in [2.24, 2.45) is 29.4 Å². The van der Waals surface area contributed by atoms with Gasteiger partial charge in [0, 0.05) is 63.1 Å². The number of aliphatic hydroxyl groups is 2. The maximum Gasteiger partial charge on any atom is 0.237 e. The number of nitrogens with two attached hydrogens (primary N) is 1. The number of amides is 2. The molecule has 9 nitrogen and oxygen atoms in total. The summed E-state index contributed by atoms with van der Waals surface area (Å²) in [6.45, 7) is 12.6. The zero-order chi connectivity index (χ0) is 32.7. The van der Waals surface area contributed by atoms with Gasteiger partial charge in [-0.3, -0.25) is 14.5 Å². The summed E-state index contributed by atoms with van der Waals surface area (Å²) in [6.07, 6.45) is 5.65. The van der Waals surface area contributed by atoms with Crippen molar-refractivity contribution in [3.63, 3.8) is 0 Å². The fourth-order valence-electron chi connectivity index (χ4n) is 9.09. The number of hydrogen-bond donors (Lipinski definition) is 4. The molecule has 6 rings (SSSR count). The van der Waals surface area contributed by atoms with Gasteiger partial charge in [-0.05, 0) is 114 Å². The van der Waals surface area contributed by atoms with Crippen molar-refractivity contribution < 1.29 is 24.5 Å². The molecule has 0 radical (unpaired) electrons. The van der Waals surface area contributed by atoms with E-state index < -0.39 is 23.2 Å². The maximum atomic E-state index is 13.5. The molecule has 4 aliphatic carbocycles. The standard InChI is InChI=1S/C36H58N4O5/c1-7-25(33(42)38-32-26-13-24-14-27(32)19-36(44,17-24)18-26)16-31(41)29(37)21-39(22(2)3)20-23-9-10-28-30(15-23)40(11-8-12-45-6)34(43)35(28,4)5/h9-10,15,22,24-27,29,31-32,41,44H,7-8,11-14,16-21,37H2,1-6H3,(H,38,42)/t24?,25-,26?,27?,29+,31+,32?,36?/m1/s1. The summed E-state index contributed by atoms with van der Waals surface area (Å²) in [6, 6.07) is 6.13. The van der Waals surface area contributed by atoms with Crippen molar-refractivity contribution in [3.05, 3.63) is 29.3 Å². The summed E-state index contributed by atoms with van der Waals surface area (Å²) in [5.74, 6) is 1.13. The third-order valence-electron chi connectivity index (χ3n) is 11.5. The van der Waals surface area contributed by atoms with Gasteiger partial charge in [0.25, 0.3) is 0 Å². The van der Waals surface area contributed by atoms with Crippen molar-refractivity contribution in [2.75, 3.05) is 31.7 Å². The fourth-order valence-corrected chi connectivity index (χ4v) is 9.09. The summed E-state index contributed by atoms with van der Waals surface area (Å²) in [4.78, 5) is 30.9. The van der Waals surface area contributed by atoms with E-state index in [4.69, 9.17) is 10.5 Å². The zero-order valence-corrected chi connectivity index (χ0v) is 28.4. The first-order valence-corrected chi connectivity index (χ1v) is 17.4. The minimum absolute atomic E-state index is 0.0135. The van der Waals surface area contributed by atoms with Gasteiger partial charge in [0.05, 0.1) is 17.1 Å². The number of anilines is 1. The smallest absolute Gasteiger partial charge is 0.237 e. The predicted octanol–water partition coefficient (Wildman–Crippen LogP) is 3.72. The minimum Gasteiger partial charge on any atom is -0.391 e. The number of ether oxygens (including phenoxy) is 1. The largest absolute Gasteiger partial charge is 0.391 e. The molecule has 2 amide bonds. The second-order valence-electron chi connectivity index (χ2n) is 15.6. The average molecular weight is 627 g/mol. The highest BCUT2D eigenvalue weighted by Crippen LogP contribution is 2.55. The van der Waals surface area contributed by atoms with E-state index in [1.807, 2.05) is 25.7 Å². The molecule has 45 heavy (non-hydrogen) atoms. The van der Waals surface area contributed by atoms with Gasteiger partial charge >= 0.3 is 0 Å². The monoisotopic (exact) mass is 626 g/mol. The summed E-state index contributed by atoms with van der Waals surface area (Å²) in [5, 5.41) is 25.5. The van der Waals surface area contributed by atoms with Crippen LogP contribution in [0, 0.1) is 23.7 Å². The van der Waals surface area contributed by atoms with Crippen LogP contribution in [-0.2, 0) is 26.3 Å². The van der Waals surface area contributed by atoms with Gasteiger partial charge in [0.2, 0.25) is 11.8 Å². The lowest BCUT2D eigenvalue weighted by Crippen LogP contribution is -2.62. The summed E-state index contributed by atoms with van der Waals surface area (Å²) in [7, 11) is 1.68. The van der Waals surface area contributed by atoms with Crippen LogP contribution in [0.5, 0.6) is 0 Å². The first-order chi connectivity index (χ1) is 21.3. The lowest BCUT2D eigenvalue weighted by Gasteiger charge is -2.58. The summed E-state index contributed by atoms with van der Waals surface area (Å²) < 4.78 is 5.23. The van der Waals surface area contributed by atoms with Crippen LogP contribution >= 0.6 is 0 Å². The molecule has 1 aromatic rings.